The molecule has 0 amide bonds. The fourth-order valence-electron chi connectivity index (χ4n) is 3.16. The lowest BCUT2D eigenvalue weighted by atomic mass is 10.00. The predicted molar refractivity (Wildman–Crippen MR) is 74.0 cm³/mol. The van der Waals surface area contributed by atoms with Gasteiger partial charge in [-0.05, 0) is 24.9 Å². The summed E-state index contributed by atoms with van der Waals surface area (Å²) in [6.07, 6.45) is 5.87. The van der Waals surface area contributed by atoms with E-state index in [0.29, 0.717) is 12.5 Å². The Morgan fingerprint density at radius 3 is 2.50 bits per heavy atom. The van der Waals surface area contributed by atoms with E-state index in [9.17, 15) is 0 Å². The first-order valence-electron chi connectivity index (χ1n) is 7.04. The van der Waals surface area contributed by atoms with Gasteiger partial charge in [0.05, 0.1) is 12.5 Å². The molecule has 0 heterocycles. The zero-order chi connectivity index (χ0) is 12.8. The molecule has 0 bridgehead atoms. The minimum absolute atomic E-state index is 0.268. The number of rotatable bonds is 5. The van der Waals surface area contributed by atoms with Crippen molar-refractivity contribution in [2.75, 3.05) is 6.54 Å². The second-order valence-corrected chi connectivity index (χ2v) is 5.06. The van der Waals surface area contributed by atoms with Crippen LogP contribution in [0.5, 0.6) is 0 Å². The van der Waals surface area contributed by atoms with E-state index in [2.05, 4.69) is 42.2 Å². The van der Waals surface area contributed by atoms with E-state index in [-0.39, 0.29) is 6.04 Å². The van der Waals surface area contributed by atoms with Gasteiger partial charge in [0.25, 0.3) is 0 Å². The third-order valence-corrected chi connectivity index (χ3v) is 4.03. The van der Waals surface area contributed by atoms with Crippen LogP contribution in [0.15, 0.2) is 30.3 Å². The maximum Gasteiger partial charge on any atom is 0.0641 e. The van der Waals surface area contributed by atoms with Crippen molar-refractivity contribution >= 4 is 0 Å². The molecule has 1 saturated carbocycles. The van der Waals surface area contributed by atoms with Crippen LogP contribution in [0.2, 0.25) is 0 Å². The molecule has 0 saturated heterocycles. The van der Waals surface area contributed by atoms with Crippen molar-refractivity contribution < 1.29 is 0 Å². The zero-order valence-corrected chi connectivity index (χ0v) is 11.2. The van der Waals surface area contributed by atoms with E-state index >= 15 is 0 Å². The summed E-state index contributed by atoms with van der Waals surface area (Å²) in [6, 6.07) is 13.8. The van der Waals surface area contributed by atoms with Crippen LogP contribution < -0.4 is 0 Å². The Morgan fingerprint density at radius 2 is 1.94 bits per heavy atom. The average Bonchev–Trinajstić information content (AvgIpc) is 2.94. The van der Waals surface area contributed by atoms with E-state index in [1.54, 1.807) is 0 Å². The van der Waals surface area contributed by atoms with Crippen molar-refractivity contribution in [2.24, 2.45) is 0 Å². The van der Waals surface area contributed by atoms with Crippen LogP contribution in [0.25, 0.3) is 0 Å². The van der Waals surface area contributed by atoms with Gasteiger partial charge in [-0.25, -0.2) is 0 Å². The standard InChI is InChI=1S/C16H22N2/c1-2-18(15-10-6-7-11-15)16(12-13-17)14-8-4-3-5-9-14/h3-5,8-9,15-16H,2,6-7,10-12H2,1H3. The summed E-state index contributed by atoms with van der Waals surface area (Å²) in [5, 5.41) is 9.11. The first-order chi connectivity index (χ1) is 8.86. The van der Waals surface area contributed by atoms with Gasteiger partial charge < -0.3 is 0 Å². The van der Waals surface area contributed by atoms with Gasteiger partial charge in [-0.1, -0.05) is 50.1 Å². The molecule has 1 unspecified atom stereocenters. The molecule has 2 rings (SSSR count). The first-order valence-corrected chi connectivity index (χ1v) is 7.04. The molecule has 2 nitrogen and oxygen atoms in total. The van der Waals surface area contributed by atoms with Crippen molar-refractivity contribution in [3.05, 3.63) is 35.9 Å². The largest absolute Gasteiger partial charge is 0.293 e. The zero-order valence-electron chi connectivity index (χ0n) is 11.2. The molecule has 1 aromatic carbocycles. The maximum atomic E-state index is 9.11. The molecule has 0 spiro atoms. The van der Waals surface area contributed by atoms with E-state index in [4.69, 9.17) is 5.26 Å². The van der Waals surface area contributed by atoms with Crippen LogP contribution in [-0.2, 0) is 0 Å². The van der Waals surface area contributed by atoms with Crippen molar-refractivity contribution in [3.8, 4) is 6.07 Å². The Kier molecular flexibility index (Phi) is 4.78. The highest BCUT2D eigenvalue weighted by Crippen LogP contribution is 2.32. The fraction of sp³-hybridized carbons (Fsp3) is 0.562. The molecule has 1 aromatic rings. The second kappa shape index (κ2) is 6.56. The molecule has 2 heteroatoms. The smallest absolute Gasteiger partial charge is 0.0641 e. The first kappa shape index (κ1) is 13.1. The predicted octanol–water partition coefficient (Wildman–Crippen LogP) is 3.91. The minimum Gasteiger partial charge on any atom is -0.293 e. The van der Waals surface area contributed by atoms with Crippen molar-refractivity contribution in [2.45, 2.75) is 51.1 Å². The van der Waals surface area contributed by atoms with Crippen molar-refractivity contribution in [1.29, 1.82) is 5.26 Å². The molecule has 0 radical (unpaired) electrons. The van der Waals surface area contributed by atoms with E-state index in [1.807, 2.05) is 6.07 Å². The van der Waals surface area contributed by atoms with Gasteiger partial charge in [0.2, 0.25) is 0 Å². The third-order valence-electron chi connectivity index (χ3n) is 4.03. The van der Waals surface area contributed by atoms with Crippen LogP contribution in [0.1, 0.15) is 50.6 Å². The van der Waals surface area contributed by atoms with Gasteiger partial charge >= 0.3 is 0 Å². The lowest BCUT2D eigenvalue weighted by molar-refractivity contribution is 0.145. The monoisotopic (exact) mass is 242 g/mol. The summed E-state index contributed by atoms with van der Waals surface area (Å²) in [4.78, 5) is 2.53. The Bertz CT molecular complexity index is 387. The topological polar surface area (TPSA) is 27.0 Å². The van der Waals surface area contributed by atoms with Crippen molar-refractivity contribution in [1.82, 2.24) is 4.90 Å². The number of nitriles is 1. The Labute approximate surface area is 110 Å². The van der Waals surface area contributed by atoms with Crippen LogP contribution >= 0.6 is 0 Å². The molecule has 0 aliphatic heterocycles. The average molecular weight is 242 g/mol. The Balaban J connectivity index is 2.19. The fourth-order valence-corrected chi connectivity index (χ4v) is 3.16. The highest BCUT2D eigenvalue weighted by Gasteiger charge is 2.28. The molecule has 1 fully saturated rings. The van der Waals surface area contributed by atoms with Gasteiger partial charge in [0.1, 0.15) is 0 Å². The molecule has 1 aliphatic carbocycles. The normalized spacial score (nSPS) is 17.8. The quantitative estimate of drug-likeness (QED) is 0.783. The summed E-state index contributed by atoms with van der Waals surface area (Å²) in [7, 11) is 0. The summed E-state index contributed by atoms with van der Waals surface area (Å²) in [5.74, 6) is 0. The number of hydrogen-bond donors (Lipinski definition) is 0. The lowest BCUT2D eigenvalue weighted by Crippen LogP contribution is -2.36. The summed E-state index contributed by atoms with van der Waals surface area (Å²) in [5.41, 5.74) is 1.28. The number of nitrogens with zero attached hydrogens (tertiary/aromatic N) is 2. The van der Waals surface area contributed by atoms with Crippen molar-refractivity contribution in [3.63, 3.8) is 0 Å². The molecule has 1 aliphatic rings. The van der Waals surface area contributed by atoms with Gasteiger partial charge in [-0.2, -0.15) is 5.26 Å². The summed E-state index contributed by atoms with van der Waals surface area (Å²) < 4.78 is 0. The Morgan fingerprint density at radius 1 is 1.28 bits per heavy atom. The molecule has 96 valence electrons. The molecular weight excluding hydrogens is 220 g/mol. The molecule has 0 aromatic heterocycles. The molecular formula is C16H22N2. The van der Waals surface area contributed by atoms with E-state index in [0.717, 1.165) is 6.54 Å². The van der Waals surface area contributed by atoms with Crippen LogP contribution in [-0.4, -0.2) is 17.5 Å². The lowest BCUT2D eigenvalue weighted by Gasteiger charge is -2.34. The molecule has 0 N–H and O–H groups in total. The highest BCUT2D eigenvalue weighted by molar-refractivity contribution is 5.20. The maximum absolute atomic E-state index is 9.11. The number of hydrogen-bond acceptors (Lipinski definition) is 2. The van der Waals surface area contributed by atoms with Crippen LogP contribution in [0, 0.1) is 11.3 Å². The van der Waals surface area contributed by atoms with Crippen LogP contribution in [0.4, 0.5) is 0 Å². The summed E-state index contributed by atoms with van der Waals surface area (Å²) in [6.45, 7) is 3.25. The number of benzene rings is 1. The highest BCUT2D eigenvalue weighted by atomic mass is 15.2. The van der Waals surface area contributed by atoms with E-state index < -0.39 is 0 Å². The SMILES string of the molecule is CCN(C1CCCC1)C(CC#N)c1ccccc1. The van der Waals surface area contributed by atoms with Gasteiger partial charge in [0.15, 0.2) is 0 Å². The second-order valence-electron chi connectivity index (χ2n) is 5.06. The van der Waals surface area contributed by atoms with Gasteiger partial charge in [-0.3, -0.25) is 4.90 Å². The van der Waals surface area contributed by atoms with Gasteiger partial charge in [0, 0.05) is 12.1 Å². The van der Waals surface area contributed by atoms with Crippen LogP contribution in [0.3, 0.4) is 0 Å². The third kappa shape index (κ3) is 2.91. The van der Waals surface area contributed by atoms with Gasteiger partial charge in [-0.15, -0.1) is 0 Å². The molecule has 18 heavy (non-hydrogen) atoms. The molecule has 1 atom stereocenters. The Hall–Kier alpha value is -1.33. The summed E-state index contributed by atoms with van der Waals surface area (Å²) >= 11 is 0. The van der Waals surface area contributed by atoms with E-state index in [1.165, 1.54) is 31.2 Å². The minimum atomic E-state index is 0.268.